The van der Waals surface area contributed by atoms with Crippen LogP contribution in [0.4, 0.5) is 5.69 Å². The van der Waals surface area contributed by atoms with Crippen LogP contribution in [0.15, 0.2) is 47.5 Å². The Morgan fingerprint density at radius 2 is 1.89 bits per heavy atom. The number of halogens is 1. The van der Waals surface area contributed by atoms with Gasteiger partial charge >= 0.3 is 0 Å². The summed E-state index contributed by atoms with van der Waals surface area (Å²) in [6, 6.07) is 9.78. The molecule has 0 fully saturated rings. The fourth-order valence-electron chi connectivity index (χ4n) is 1.58. The molecule has 0 amide bonds. The van der Waals surface area contributed by atoms with Gasteiger partial charge in [-0.05, 0) is 36.2 Å². The number of hydrogen-bond acceptors (Lipinski definition) is 3. The summed E-state index contributed by atoms with van der Waals surface area (Å²) in [7, 11) is -3.59. The van der Waals surface area contributed by atoms with Crippen LogP contribution in [0, 0.1) is 0 Å². The minimum atomic E-state index is -3.59. The molecule has 0 saturated carbocycles. The first-order valence-corrected chi connectivity index (χ1v) is 7.60. The van der Waals surface area contributed by atoms with Crippen molar-refractivity contribution in [2.75, 3.05) is 4.72 Å². The van der Waals surface area contributed by atoms with Crippen LogP contribution in [0.5, 0.6) is 0 Å². The SMILES string of the molecule is CCc1ccc(S(=O)(=O)Nc2ccnc(Cl)c2)cc1. The maximum atomic E-state index is 12.1. The minimum absolute atomic E-state index is 0.220. The zero-order valence-corrected chi connectivity index (χ0v) is 11.9. The molecule has 6 heteroatoms. The van der Waals surface area contributed by atoms with Crippen molar-refractivity contribution < 1.29 is 8.42 Å². The molecule has 2 aromatic rings. The topological polar surface area (TPSA) is 59.1 Å². The number of nitrogens with zero attached hydrogens (tertiary/aromatic N) is 1. The second-order valence-electron chi connectivity index (χ2n) is 3.97. The van der Waals surface area contributed by atoms with E-state index in [4.69, 9.17) is 11.6 Å². The van der Waals surface area contributed by atoms with Gasteiger partial charge in [0.05, 0.1) is 10.6 Å². The van der Waals surface area contributed by atoms with Crippen LogP contribution < -0.4 is 4.72 Å². The molecule has 0 unspecified atom stereocenters. The van der Waals surface area contributed by atoms with Crippen LogP contribution in [-0.2, 0) is 16.4 Å². The zero-order chi connectivity index (χ0) is 13.9. The molecular weight excluding hydrogens is 284 g/mol. The van der Waals surface area contributed by atoms with Crippen molar-refractivity contribution in [1.82, 2.24) is 4.98 Å². The first kappa shape index (κ1) is 13.8. The molecular formula is C13H13ClN2O2S. The van der Waals surface area contributed by atoms with E-state index < -0.39 is 10.0 Å². The lowest BCUT2D eigenvalue weighted by atomic mass is 10.2. The predicted molar refractivity (Wildman–Crippen MR) is 75.9 cm³/mol. The van der Waals surface area contributed by atoms with Gasteiger partial charge in [-0.15, -0.1) is 0 Å². The Morgan fingerprint density at radius 1 is 1.21 bits per heavy atom. The Balaban J connectivity index is 2.27. The fraction of sp³-hybridized carbons (Fsp3) is 0.154. The summed E-state index contributed by atoms with van der Waals surface area (Å²) < 4.78 is 26.7. The van der Waals surface area contributed by atoms with Crippen molar-refractivity contribution in [2.45, 2.75) is 18.2 Å². The van der Waals surface area contributed by atoms with Gasteiger partial charge in [0.1, 0.15) is 5.15 Å². The lowest BCUT2D eigenvalue weighted by Gasteiger charge is -2.08. The van der Waals surface area contributed by atoms with Crippen molar-refractivity contribution in [3.8, 4) is 0 Å². The highest BCUT2D eigenvalue weighted by molar-refractivity contribution is 7.92. The lowest BCUT2D eigenvalue weighted by Crippen LogP contribution is -2.13. The monoisotopic (exact) mass is 296 g/mol. The van der Waals surface area contributed by atoms with Gasteiger partial charge in [-0.3, -0.25) is 4.72 Å². The molecule has 1 aromatic heterocycles. The Morgan fingerprint density at radius 3 is 2.47 bits per heavy atom. The molecule has 0 atom stereocenters. The van der Waals surface area contributed by atoms with E-state index in [1.807, 2.05) is 6.92 Å². The van der Waals surface area contributed by atoms with Gasteiger partial charge in [0.15, 0.2) is 0 Å². The summed E-state index contributed by atoms with van der Waals surface area (Å²) in [5.74, 6) is 0. The number of benzene rings is 1. The molecule has 1 N–H and O–H groups in total. The van der Waals surface area contributed by atoms with E-state index in [2.05, 4.69) is 9.71 Å². The summed E-state index contributed by atoms with van der Waals surface area (Å²) in [6.45, 7) is 2.01. The third kappa shape index (κ3) is 3.45. The average molecular weight is 297 g/mol. The number of rotatable bonds is 4. The highest BCUT2D eigenvalue weighted by Gasteiger charge is 2.14. The lowest BCUT2D eigenvalue weighted by molar-refractivity contribution is 0.601. The quantitative estimate of drug-likeness (QED) is 0.882. The smallest absolute Gasteiger partial charge is 0.261 e. The summed E-state index contributed by atoms with van der Waals surface area (Å²) >= 11 is 5.71. The number of nitrogens with one attached hydrogen (secondary N) is 1. The Kier molecular flexibility index (Phi) is 4.07. The third-order valence-electron chi connectivity index (χ3n) is 2.62. The molecule has 19 heavy (non-hydrogen) atoms. The van der Waals surface area contributed by atoms with Gasteiger partial charge in [0, 0.05) is 6.20 Å². The molecule has 0 aliphatic heterocycles. The highest BCUT2D eigenvalue weighted by Crippen LogP contribution is 2.18. The van der Waals surface area contributed by atoms with Crippen molar-refractivity contribution in [3.05, 3.63) is 53.3 Å². The zero-order valence-electron chi connectivity index (χ0n) is 10.3. The fourth-order valence-corrected chi connectivity index (χ4v) is 2.81. The maximum absolute atomic E-state index is 12.1. The van der Waals surface area contributed by atoms with Crippen LogP contribution in [0.1, 0.15) is 12.5 Å². The second-order valence-corrected chi connectivity index (χ2v) is 6.04. The summed E-state index contributed by atoms with van der Waals surface area (Å²) in [5.41, 5.74) is 1.48. The first-order valence-electron chi connectivity index (χ1n) is 5.74. The number of pyridine rings is 1. The van der Waals surface area contributed by atoms with Gasteiger partial charge in [0.25, 0.3) is 10.0 Å². The normalized spacial score (nSPS) is 11.3. The number of aromatic nitrogens is 1. The molecule has 4 nitrogen and oxygen atoms in total. The highest BCUT2D eigenvalue weighted by atomic mass is 35.5. The van der Waals surface area contributed by atoms with Crippen LogP contribution in [-0.4, -0.2) is 13.4 Å². The number of aryl methyl sites for hydroxylation is 1. The van der Waals surface area contributed by atoms with Gasteiger partial charge in [-0.25, -0.2) is 13.4 Å². The molecule has 1 aromatic carbocycles. The number of hydrogen-bond donors (Lipinski definition) is 1. The number of sulfonamides is 1. The van der Waals surface area contributed by atoms with Crippen molar-refractivity contribution >= 4 is 27.3 Å². The van der Waals surface area contributed by atoms with Crippen LogP contribution in [0.2, 0.25) is 5.15 Å². The summed E-state index contributed by atoms with van der Waals surface area (Å²) in [6.07, 6.45) is 2.31. The molecule has 0 spiro atoms. The van der Waals surface area contributed by atoms with Gasteiger partial charge in [-0.1, -0.05) is 30.7 Å². The number of anilines is 1. The van der Waals surface area contributed by atoms with Crippen LogP contribution >= 0.6 is 11.6 Å². The van der Waals surface area contributed by atoms with E-state index >= 15 is 0 Å². The molecule has 0 bridgehead atoms. The van der Waals surface area contributed by atoms with Crippen LogP contribution in [0.3, 0.4) is 0 Å². The maximum Gasteiger partial charge on any atom is 0.261 e. The molecule has 100 valence electrons. The molecule has 0 aliphatic rings. The van der Waals surface area contributed by atoms with Crippen LogP contribution in [0.25, 0.3) is 0 Å². The van der Waals surface area contributed by atoms with E-state index in [1.165, 1.54) is 12.3 Å². The van der Waals surface area contributed by atoms with Gasteiger partial charge in [0.2, 0.25) is 0 Å². The van der Waals surface area contributed by atoms with Gasteiger partial charge in [-0.2, -0.15) is 0 Å². The predicted octanol–water partition coefficient (Wildman–Crippen LogP) is 3.10. The molecule has 1 heterocycles. The van der Waals surface area contributed by atoms with E-state index in [0.29, 0.717) is 5.69 Å². The Labute approximate surface area is 117 Å². The molecule has 0 radical (unpaired) electrons. The first-order chi connectivity index (χ1) is 9.01. The molecule has 2 rings (SSSR count). The standard InChI is InChI=1S/C13H13ClN2O2S/c1-2-10-3-5-12(6-4-10)19(17,18)16-11-7-8-15-13(14)9-11/h3-9H,2H2,1H3,(H,15,16). The van der Waals surface area contributed by atoms with Gasteiger partial charge < -0.3 is 0 Å². The van der Waals surface area contributed by atoms with Crippen molar-refractivity contribution in [3.63, 3.8) is 0 Å². The van der Waals surface area contributed by atoms with Crippen molar-refractivity contribution in [2.24, 2.45) is 0 Å². The van der Waals surface area contributed by atoms with E-state index in [0.717, 1.165) is 12.0 Å². The third-order valence-corrected chi connectivity index (χ3v) is 4.22. The van der Waals surface area contributed by atoms with Crippen molar-refractivity contribution in [1.29, 1.82) is 0 Å². The summed E-state index contributed by atoms with van der Waals surface area (Å²) in [5, 5.41) is 0.238. The van der Waals surface area contributed by atoms with E-state index in [9.17, 15) is 8.42 Å². The molecule has 0 aliphatic carbocycles. The average Bonchev–Trinajstić information content (AvgIpc) is 2.38. The minimum Gasteiger partial charge on any atom is -0.279 e. The van der Waals surface area contributed by atoms with E-state index in [1.54, 1.807) is 30.3 Å². The second kappa shape index (κ2) is 5.59. The van der Waals surface area contributed by atoms with E-state index in [-0.39, 0.29) is 10.0 Å². The Bertz CT molecular complexity index is 669. The summed E-state index contributed by atoms with van der Waals surface area (Å²) in [4.78, 5) is 4.02. The Hall–Kier alpha value is -1.59. The molecule has 0 saturated heterocycles. The largest absolute Gasteiger partial charge is 0.279 e.